The van der Waals surface area contributed by atoms with E-state index in [1.54, 1.807) is 41.1 Å². The number of hydrogen-bond acceptors (Lipinski definition) is 16. The van der Waals surface area contributed by atoms with Gasteiger partial charge in [0, 0.05) is 71.6 Å². The molecule has 0 aromatic heterocycles. The van der Waals surface area contributed by atoms with Crippen molar-refractivity contribution in [3.63, 3.8) is 0 Å². The van der Waals surface area contributed by atoms with Crippen LogP contribution >= 0.6 is 0 Å². The standard InChI is InChI=1S/C57H88N2O15/c1-34-16-12-11-13-17-35(2)47(69-8)30-43-21-19-40(7)57(68,74-43)54(65)55(66)59-24-15-14-18-44(59)56(67)73-48(31-45(61)36(3)27-39(6)52(64)53(71-10)51(63)38(5)26-34)37(4)28-41-20-22-46(49(29-41)70-9)72-50(62)33-58-25-23-42(60)32-58/h11-13,16-17,27,34,36-38,40-44,46-49,52-53,60,64,68H,14-15,18-26,28-33H2,1-10H3/b13-11+,16-12+,35-17+,39-27+/t34-,36-,37-,38-,40-,41+,42-,43+,44+,46-,47+,48+,49-,52-,53+,57-/m1/s1. The Hall–Kier alpha value is -3.94. The molecule has 4 aliphatic heterocycles. The van der Waals surface area contributed by atoms with Crippen molar-refractivity contribution in [1.82, 2.24) is 9.80 Å². The number of β-amino-alcohol motifs (C(OH)–C–C–N with tert-alkyl or cyclic N) is 1. The van der Waals surface area contributed by atoms with Crippen LogP contribution in [0.5, 0.6) is 0 Å². The van der Waals surface area contributed by atoms with Crippen molar-refractivity contribution < 1.29 is 72.5 Å². The molecule has 0 aromatic carbocycles. The summed E-state index contributed by atoms with van der Waals surface area (Å²) in [6.07, 6.45) is 10.8. The van der Waals surface area contributed by atoms with E-state index >= 15 is 0 Å². The molecule has 1 amide bonds. The lowest BCUT2D eigenvalue weighted by molar-refractivity contribution is -0.265. The first-order chi connectivity index (χ1) is 35.1. The molecule has 4 heterocycles. The number of methoxy groups -OCH3 is 3. The number of Topliss-reactive ketones (excluding diaryl/α,β-unsaturated/α-hetero) is 3. The SMILES string of the molecule is CO[C@H]1C[C@@H]2CC[C@@H](C)[C@@](O)(O2)C(=O)C(=O)N2CCCC[C@H]2C(=O)O[C@H]([C@H](C)C[C@@H]2CC[C@@H](OC(=O)CN3CC[C@@H](O)C3)[C@H](OC)C2)CC(=O)[C@H](C)/C=C(\C)[C@@H](O)[C@@H](OC)C(=O)[C@H](C)C[C@H](C)/C=C/C=C/C=C/1C. The number of nitrogens with zero attached hydrogens (tertiary/aromatic N) is 2. The molecule has 0 spiro atoms. The molecule has 0 unspecified atom stereocenters. The fraction of sp³-hybridized carbons (Fsp3) is 0.754. The van der Waals surface area contributed by atoms with Gasteiger partial charge in [-0.05, 0) is 113 Å². The van der Waals surface area contributed by atoms with Crippen LogP contribution in [0.1, 0.15) is 132 Å². The average Bonchev–Trinajstić information content (AvgIpc) is 3.78. The predicted octanol–water partition coefficient (Wildman–Crippen LogP) is 5.80. The van der Waals surface area contributed by atoms with Gasteiger partial charge in [-0.3, -0.25) is 28.9 Å². The zero-order chi connectivity index (χ0) is 54.4. The third-order valence-corrected chi connectivity index (χ3v) is 16.3. The number of carbonyl (C=O) groups excluding carboxylic acids is 6. The fourth-order valence-electron chi connectivity index (χ4n) is 11.6. The summed E-state index contributed by atoms with van der Waals surface area (Å²) < 4.78 is 35.7. The third-order valence-electron chi connectivity index (χ3n) is 16.3. The van der Waals surface area contributed by atoms with Crippen LogP contribution in [-0.4, -0.2) is 168 Å². The molecule has 4 fully saturated rings. The Bertz CT molecular complexity index is 2050. The summed E-state index contributed by atoms with van der Waals surface area (Å²) in [6.45, 7) is 13.8. The molecule has 5 rings (SSSR count). The lowest BCUT2D eigenvalue weighted by Crippen LogP contribution is -2.61. The number of cyclic esters (lactones) is 1. The van der Waals surface area contributed by atoms with Gasteiger partial charge in [-0.25, -0.2) is 4.79 Å². The first-order valence-electron chi connectivity index (χ1n) is 27.2. The van der Waals surface area contributed by atoms with E-state index in [2.05, 4.69) is 0 Å². The van der Waals surface area contributed by atoms with Crippen molar-refractivity contribution in [2.45, 2.75) is 193 Å². The summed E-state index contributed by atoms with van der Waals surface area (Å²) in [5, 5.41) is 33.5. The topological polar surface area (TPSA) is 225 Å². The number of esters is 2. The highest BCUT2D eigenvalue weighted by Crippen LogP contribution is 2.38. The van der Waals surface area contributed by atoms with Gasteiger partial charge >= 0.3 is 11.9 Å². The van der Waals surface area contributed by atoms with Gasteiger partial charge in [0.05, 0.1) is 31.0 Å². The van der Waals surface area contributed by atoms with E-state index in [0.29, 0.717) is 89.3 Å². The third kappa shape index (κ3) is 16.3. The number of ether oxygens (including phenoxy) is 6. The maximum atomic E-state index is 14.6. The molecule has 74 heavy (non-hydrogen) atoms. The number of carbonyl (C=O) groups is 6. The highest BCUT2D eigenvalue weighted by atomic mass is 16.6. The molecule has 0 aromatic rings. The van der Waals surface area contributed by atoms with E-state index < -0.39 is 102 Å². The number of ketones is 3. The number of rotatable bonds is 9. The quantitative estimate of drug-likeness (QED) is 0.141. The minimum absolute atomic E-state index is 0.00241. The number of fused-ring (bicyclic) bond motifs is 3. The van der Waals surface area contributed by atoms with Gasteiger partial charge in [0.2, 0.25) is 5.79 Å². The minimum atomic E-state index is -2.45. The fourth-order valence-corrected chi connectivity index (χ4v) is 11.6. The number of likely N-dealkylation sites (tertiary alicyclic amines) is 1. The van der Waals surface area contributed by atoms with Gasteiger partial charge in [0.15, 0.2) is 5.78 Å². The zero-order valence-electron chi connectivity index (χ0n) is 45.8. The Morgan fingerprint density at radius 2 is 1.58 bits per heavy atom. The number of allylic oxidation sites excluding steroid dienone is 6. The number of aliphatic hydroxyl groups excluding tert-OH is 2. The second-order valence-corrected chi connectivity index (χ2v) is 22.2. The molecular formula is C57H88N2O15. The van der Waals surface area contributed by atoms with Crippen LogP contribution in [0.3, 0.4) is 0 Å². The van der Waals surface area contributed by atoms with E-state index in [0.717, 1.165) is 5.57 Å². The van der Waals surface area contributed by atoms with Crippen LogP contribution in [0.15, 0.2) is 47.6 Å². The molecular weight excluding hydrogens is 953 g/mol. The smallest absolute Gasteiger partial charge is 0.329 e. The molecule has 17 nitrogen and oxygen atoms in total. The summed E-state index contributed by atoms with van der Waals surface area (Å²) in [5.41, 5.74) is 1.24. The summed E-state index contributed by atoms with van der Waals surface area (Å²) in [7, 11) is 4.52. The van der Waals surface area contributed by atoms with E-state index in [-0.39, 0.29) is 55.3 Å². The van der Waals surface area contributed by atoms with Gasteiger partial charge in [0.25, 0.3) is 11.7 Å². The van der Waals surface area contributed by atoms with Crippen LogP contribution in [-0.2, 0) is 57.2 Å². The Kier molecular flexibility index (Phi) is 23.4. The summed E-state index contributed by atoms with van der Waals surface area (Å²) in [6, 6.07) is -1.18. The Morgan fingerprint density at radius 1 is 0.838 bits per heavy atom. The molecule has 1 aliphatic carbocycles. The molecule has 3 N–H and O–H groups in total. The summed E-state index contributed by atoms with van der Waals surface area (Å²) >= 11 is 0. The van der Waals surface area contributed by atoms with E-state index in [9.17, 15) is 44.1 Å². The van der Waals surface area contributed by atoms with Crippen molar-refractivity contribution >= 4 is 35.2 Å². The van der Waals surface area contributed by atoms with Crippen molar-refractivity contribution in [1.29, 1.82) is 0 Å². The van der Waals surface area contributed by atoms with Gasteiger partial charge in [-0.1, -0.05) is 71.1 Å². The number of piperidine rings is 1. The molecule has 0 radical (unpaired) electrons. The largest absolute Gasteiger partial charge is 0.460 e. The molecule has 2 bridgehead atoms. The summed E-state index contributed by atoms with van der Waals surface area (Å²) in [5.74, 6) is -8.71. The molecule has 3 saturated heterocycles. The number of amides is 1. The maximum absolute atomic E-state index is 14.6. The summed E-state index contributed by atoms with van der Waals surface area (Å²) in [4.78, 5) is 87.4. The van der Waals surface area contributed by atoms with Gasteiger partial charge < -0.3 is 48.6 Å². The molecule has 1 saturated carbocycles. The second-order valence-electron chi connectivity index (χ2n) is 22.2. The molecule has 16 atom stereocenters. The molecule has 17 heteroatoms. The highest BCUT2D eigenvalue weighted by Gasteiger charge is 2.53. The maximum Gasteiger partial charge on any atom is 0.329 e. The Labute approximate surface area is 439 Å². The molecule has 416 valence electrons. The average molecular weight is 1040 g/mol. The van der Waals surface area contributed by atoms with E-state index in [4.69, 9.17) is 28.4 Å². The normalized spacial score (nSPS) is 39.2. The van der Waals surface area contributed by atoms with Crippen LogP contribution in [0, 0.1) is 35.5 Å². The first-order valence-corrected chi connectivity index (χ1v) is 27.2. The Morgan fingerprint density at radius 3 is 2.26 bits per heavy atom. The minimum Gasteiger partial charge on any atom is -0.460 e. The lowest BCUT2D eigenvalue weighted by Gasteiger charge is -2.42. The van der Waals surface area contributed by atoms with E-state index in [1.807, 2.05) is 63.0 Å². The van der Waals surface area contributed by atoms with Gasteiger partial charge in [-0.15, -0.1) is 0 Å². The van der Waals surface area contributed by atoms with Gasteiger partial charge in [-0.2, -0.15) is 0 Å². The number of aliphatic hydroxyl groups is 3. The highest BCUT2D eigenvalue weighted by molar-refractivity contribution is 6.39. The van der Waals surface area contributed by atoms with Crippen LogP contribution in [0.25, 0.3) is 0 Å². The van der Waals surface area contributed by atoms with Crippen LogP contribution in [0.2, 0.25) is 0 Å². The monoisotopic (exact) mass is 1040 g/mol. The first kappa shape index (κ1) is 60.9. The van der Waals surface area contributed by atoms with Crippen molar-refractivity contribution in [2.75, 3.05) is 47.5 Å². The molecule has 5 aliphatic rings. The second kappa shape index (κ2) is 28.4. The van der Waals surface area contributed by atoms with E-state index in [1.165, 1.54) is 12.0 Å². The lowest BCUT2D eigenvalue weighted by atomic mass is 9.78. The van der Waals surface area contributed by atoms with Crippen molar-refractivity contribution in [3.8, 4) is 0 Å². The zero-order valence-corrected chi connectivity index (χ0v) is 45.8. The van der Waals surface area contributed by atoms with Crippen LogP contribution < -0.4 is 0 Å². The van der Waals surface area contributed by atoms with Gasteiger partial charge in [0.1, 0.15) is 36.2 Å². The van der Waals surface area contributed by atoms with Crippen molar-refractivity contribution in [3.05, 3.63) is 47.6 Å². The predicted molar refractivity (Wildman–Crippen MR) is 276 cm³/mol. The van der Waals surface area contributed by atoms with Crippen LogP contribution in [0.4, 0.5) is 0 Å². The number of hydrogen-bond donors (Lipinski definition) is 3. The Balaban J connectivity index is 1.42. The van der Waals surface area contributed by atoms with Crippen molar-refractivity contribution in [2.24, 2.45) is 35.5 Å².